The third-order valence-electron chi connectivity index (χ3n) is 7.21. The van der Waals surface area contributed by atoms with E-state index in [1.165, 1.54) is 36.5 Å². The number of aliphatic carboxylic acids is 1. The van der Waals surface area contributed by atoms with Gasteiger partial charge in [0.25, 0.3) is 11.8 Å². The third-order valence-corrected chi connectivity index (χ3v) is 9.22. The van der Waals surface area contributed by atoms with Crippen molar-refractivity contribution in [3.05, 3.63) is 56.5 Å². The average molecular weight is 657 g/mol. The summed E-state index contributed by atoms with van der Waals surface area (Å²) in [4.78, 5) is 74.6. The van der Waals surface area contributed by atoms with Crippen molar-refractivity contribution in [3.63, 3.8) is 0 Å². The van der Waals surface area contributed by atoms with Gasteiger partial charge in [0, 0.05) is 35.5 Å². The number of nitrogens with zero attached hydrogens (tertiary/aromatic N) is 4. The maximum atomic E-state index is 13.3. The molecule has 18 heteroatoms. The second kappa shape index (κ2) is 11.8. The van der Waals surface area contributed by atoms with Gasteiger partial charge in [-0.1, -0.05) is 5.16 Å². The van der Waals surface area contributed by atoms with Gasteiger partial charge in [-0.2, -0.15) is 0 Å². The summed E-state index contributed by atoms with van der Waals surface area (Å²) in [6, 6.07) is 2.10. The number of rotatable bonds is 9. The first-order chi connectivity index (χ1) is 21.6. The van der Waals surface area contributed by atoms with Crippen molar-refractivity contribution >= 4 is 68.6 Å². The first-order valence-corrected chi connectivity index (χ1v) is 15.2. The van der Waals surface area contributed by atoms with Crippen LogP contribution >= 0.6 is 23.1 Å². The molecule has 5 heterocycles. The van der Waals surface area contributed by atoms with Gasteiger partial charge in [-0.15, -0.1) is 23.1 Å². The van der Waals surface area contributed by atoms with Gasteiger partial charge in [0.1, 0.15) is 42.1 Å². The molecule has 2 aromatic heterocycles. The van der Waals surface area contributed by atoms with Gasteiger partial charge < -0.3 is 39.8 Å². The highest BCUT2D eigenvalue weighted by Crippen LogP contribution is 2.40. The number of nitrogen functional groups attached to an aromatic ring is 1. The predicted octanol–water partition coefficient (Wildman–Crippen LogP) is 0.735. The van der Waals surface area contributed by atoms with E-state index in [1.54, 1.807) is 10.6 Å². The number of amides is 2. The minimum Gasteiger partial charge on any atom is -0.477 e. The van der Waals surface area contributed by atoms with E-state index in [2.05, 4.69) is 15.5 Å². The lowest BCUT2D eigenvalue weighted by Crippen LogP contribution is -2.71. The molecule has 1 fully saturated rings. The number of oxime groups is 1. The minimum atomic E-state index is -1.42. The van der Waals surface area contributed by atoms with Gasteiger partial charge in [-0.25, -0.2) is 14.6 Å². The molecular weight excluding hydrogens is 632 g/mol. The number of nitrogens with two attached hydrogens (primary N) is 1. The van der Waals surface area contributed by atoms with E-state index in [9.17, 15) is 29.1 Å². The second-order valence-corrected chi connectivity index (χ2v) is 11.8. The molecule has 0 spiro atoms. The van der Waals surface area contributed by atoms with Crippen LogP contribution in [0.3, 0.4) is 0 Å². The maximum absolute atomic E-state index is 13.3. The van der Waals surface area contributed by atoms with Gasteiger partial charge in [0.15, 0.2) is 22.3 Å². The summed E-state index contributed by atoms with van der Waals surface area (Å²) in [7, 11) is 1.24. The molecule has 1 aromatic carbocycles. The van der Waals surface area contributed by atoms with Crippen LogP contribution in [0.5, 0.6) is 11.5 Å². The van der Waals surface area contributed by atoms with Crippen LogP contribution in [-0.4, -0.2) is 86.7 Å². The molecule has 1 saturated heterocycles. The molecule has 3 aromatic rings. The number of carbonyl (C=O) groups is 4. The zero-order valence-corrected chi connectivity index (χ0v) is 25.2. The number of aromatic nitrogens is 2. The highest BCUT2D eigenvalue weighted by Gasteiger charge is 2.54. The Labute approximate surface area is 261 Å². The van der Waals surface area contributed by atoms with Crippen molar-refractivity contribution in [3.8, 4) is 11.5 Å². The maximum Gasteiger partial charge on any atom is 0.352 e. The van der Waals surface area contributed by atoms with Crippen molar-refractivity contribution in [2.45, 2.75) is 24.9 Å². The molecule has 0 unspecified atom stereocenters. The van der Waals surface area contributed by atoms with Crippen LogP contribution in [0.15, 0.2) is 44.9 Å². The van der Waals surface area contributed by atoms with E-state index in [0.29, 0.717) is 23.6 Å². The molecule has 4 N–H and O–H groups in total. The van der Waals surface area contributed by atoms with Gasteiger partial charge in [-0.05, 0) is 13.0 Å². The van der Waals surface area contributed by atoms with Crippen LogP contribution in [-0.2, 0) is 30.5 Å². The Balaban J connectivity index is 1.20. The van der Waals surface area contributed by atoms with E-state index in [-0.39, 0.29) is 51.3 Å². The molecule has 45 heavy (non-hydrogen) atoms. The number of esters is 1. The zero-order valence-electron chi connectivity index (χ0n) is 23.6. The topological polar surface area (TPSA) is 214 Å². The number of hydrogen-bond donors (Lipinski definition) is 3. The van der Waals surface area contributed by atoms with Crippen molar-refractivity contribution in [2.75, 3.05) is 32.0 Å². The number of nitrogens with one attached hydrogen (secondary N) is 1. The van der Waals surface area contributed by atoms with Gasteiger partial charge in [-0.3, -0.25) is 19.3 Å². The Hall–Kier alpha value is -5.10. The Morgan fingerprint density at radius 2 is 2.00 bits per heavy atom. The number of fused-ring (bicyclic) bond motifs is 3. The number of carbonyl (C=O) groups excluding carboxylic acids is 3. The second-order valence-electron chi connectivity index (χ2n) is 9.77. The number of pyridine rings is 1. The number of thioether (sulfide) groups is 1. The lowest BCUT2D eigenvalue weighted by Gasteiger charge is -2.49. The summed E-state index contributed by atoms with van der Waals surface area (Å²) in [5, 5.41) is 17.4. The van der Waals surface area contributed by atoms with Crippen molar-refractivity contribution in [2.24, 2.45) is 5.16 Å². The fraction of sp³-hybridized carbons (Fsp3) is 0.296. The predicted molar refractivity (Wildman–Crippen MR) is 160 cm³/mol. The van der Waals surface area contributed by atoms with Crippen LogP contribution < -0.4 is 26.0 Å². The summed E-state index contributed by atoms with van der Waals surface area (Å²) in [6.07, 6.45) is 1.38. The smallest absolute Gasteiger partial charge is 0.352 e. The van der Waals surface area contributed by atoms with Crippen molar-refractivity contribution in [1.29, 1.82) is 0 Å². The Morgan fingerprint density at radius 3 is 2.67 bits per heavy atom. The molecule has 3 aliphatic heterocycles. The Kier molecular flexibility index (Phi) is 7.83. The van der Waals surface area contributed by atoms with Gasteiger partial charge in [0.05, 0.1) is 10.9 Å². The standard InChI is InChI=1S/C27H24N6O10S2/c1-3-32-6-13(21(34)12-4-16-17(5-15(12)32)43-10-42-16)26(39)41-7-11-8-44-24-19(23(36)33(24)20(11)25(37)38)30-22(35)18(31-40-2)14-9-45-27(28)29-14/h4-6,9,19,24H,3,7-8,10H2,1-2H3,(H2,28,29)(H,30,35)(H,37,38)/t19-,24-/m1/s1. The fourth-order valence-electron chi connectivity index (χ4n) is 5.11. The number of anilines is 1. The first kappa shape index (κ1) is 29.9. The van der Waals surface area contributed by atoms with Gasteiger partial charge >= 0.3 is 11.9 Å². The number of carboxylic acids is 1. The number of hydrogen-bond acceptors (Lipinski definition) is 14. The highest BCUT2D eigenvalue weighted by atomic mass is 32.2. The van der Waals surface area contributed by atoms with Crippen molar-refractivity contribution in [1.82, 2.24) is 19.8 Å². The van der Waals surface area contributed by atoms with Crippen molar-refractivity contribution < 1.29 is 43.3 Å². The average Bonchev–Trinajstić information content (AvgIpc) is 3.68. The zero-order chi connectivity index (χ0) is 32.0. The molecule has 234 valence electrons. The van der Waals surface area contributed by atoms with Crippen LogP contribution in [0.2, 0.25) is 0 Å². The number of thiazole rings is 1. The molecule has 0 saturated carbocycles. The monoisotopic (exact) mass is 656 g/mol. The lowest BCUT2D eigenvalue weighted by atomic mass is 10.0. The van der Waals surface area contributed by atoms with Crippen LogP contribution in [0.1, 0.15) is 23.0 Å². The fourth-order valence-corrected chi connectivity index (χ4v) is 6.99. The lowest BCUT2D eigenvalue weighted by molar-refractivity contribution is -0.150. The quantitative estimate of drug-likeness (QED) is 0.126. The summed E-state index contributed by atoms with van der Waals surface area (Å²) >= 11 is 2.26. The number of β-lactam (4-membered cyclic amide) rings is 1. The molecule has 6 rings (SSSR count). The normalized spacial score (nSPS) is 18.8. The van der Waals surface area contributed by atoms with E-state index in [0.717, 1.165) is 16.2 Å². The minimum absolute atomic E-state index is 0.0126. The summed E-state index contributed by atoms with van der Waals surface area (Å²) in [5.41, 5.74) is 5.09. The largest absolute Gasteiger partial charge is 0.477 e. The highest BCUT2D eigenvalue weighted by molar-refractivity contribution is 8.00. The van der Waals surface area contributed by atoms with E-state index in [1.807, 2.05) is 6.92 Å². The molecule has 3 aliphatic rings. The summed E-state index contributed by atoms with van der Waals surface area (Å²) in [6.45, 7) is 1.79. The number of carboxylic acid groups (broad SMARTS) is 1. The summed E-state index contributed by atoms with van der Waals surface area (Å²) < 4.78 is 17.9. The first-order valence-electron chi connectivity index (χ1n) is 13.3. The number of aryl methyl sites for hydroxylation is 1. The van der Waals surface area contributed by atoms with E-state index >= 15 is 0 Å². The SMILES string of the molecule is CCn1cc(C(=O)OCC2=C(C(=O)O)N3C(=O)[C@@H](NC(=O)C(=NOC)c4csc(N)n4)[C@H]3SC2)c(=O)c2cc3c(cc21)OCO3. The molecule has 0 aliphatic carbocycles. The van der Waals surface area contributed by atoms with Crippen LogP contribution in [0, 0.1) is 0 Å². The molecular formula is C27H24N6O10S2. The third kappa shape index (κ3) is 5.20. The van der Waals surface area contributed by atoms with E-state index in [4.69, 9.17) is 24.8 Å². The molecule has 2 atom stereocenters. The number of benzene rings is 1. The van der Waals surface area contributed by atoms with Gasteiger partial charge in [0.2, 0.25) is 12.2 Å². The van der Waals surface area contributed by atoms with Crippen LogP contribution in [0.4, 0.5) is 5.13 Å². The number of ether oxygens (including phenoxy) is 3. The Morgan fingerprint density at radius 1 is 1.24 bits per heavy atom. The molecule has 0 radical (unpaired) electrons. The molecule has 0 bridgehead atoms. The van der Waals surface area contributed by atoms with Crippen LogP contribution in [0.25, 0.3) is 10.9 Å². The van der Waals surface area contributed by atoms with E-state index < -0.39 is 47.2 Å². The molecule has 16 nitrogen and oxygen atoms in total. The molecule has 2 amide bonds. The Bertz CT molecular complexity index is 1900. The summed E-state index contributed by atoms with van der Waals surface area (Å²) in [5.74, 6) is -2.90.